The molecule has 0 spiro atoms. The van der Waals surface area contributed by atoms with Gasteiger partial charge in [-0.05, 0) is 11.4 Å². The van der Waals surface area contributed by atoms with Crippen molar-refractivity contribution in [2.75, 3.05) is 5.43 Å². The van der Waals surface area contributed by atoms with Crippen molar-refractivity contribution >= 4 is 17.4 Å². The van der Waals surface area contributed by atoms with Crippen molar-refractivity contribution in [1.29, 1.82) is 0 Å². The summed E-state index contributed by atoms with van der Waals surface area (Å²) < 4.78 is 4.75. The van der Waals surface area contributed by atoms with Crippen LogP contribution in [0.5, 0.6) is 0 Å². The predicted molar refractivity (Wildman–Crippen MR) is 45.4 cm³/mol. The van der Waals surface area contributed by atoms with Crippen molar-refractivity contribution in [2.24, 2.45) is 5.84 Å². The second-order valence-electron chi connectivity index (χ2n) is 2.04. The van der Waals surface area contributed by atoms with Gasteiger partial charge in [0.1, 0.15) is 0 Å². The lowest BCUT2D eigenvalue weighted by Crippen LogP contribution is -2.06. The Kier molecular flexibility index (Phi) is 1.77. The van der Waals surface area contributed by atoms with Gasteiger partial charge >= 0.3 is 6.01 Å². The SMILES string of the molecule is NNc1nc(-c2cccs2)no1. The van der Waals surface area contributed by atoms with Crippen LogP contribution < -0.4 is 11.3 Å². The number of hydrogen-bond donors (Lipinski definition) is 2. The van der Waals surface area contributed by atoms with E-state index < -0.39 is 0 Å². The Morgan fingerprint density at radius 2 is 2.50 bits per heavy atom. The van der Waals surface area contributed by atoms with E-state index >= 15 is 0 Å². The lowest BCUT2D eigenvalue weighted by Gasteiger charge is -1.83. The number of rotatable bonds is 2. The van der Waals surface area contributed by atoms with Crippen LogP contribution in [-0.4, -0.2) is 10.1 Å². The molecule has 0 bridgehead atoms. The van der Waals surface area contributed by atoms with Gasteiger partial charge in [0.15, 0.2) is 0 Å². The minimum absolute atomic E-state index is 0.221. The summed E-state index contributed by atoms with van der Waals surface area (Å²) in [5.41, 5.74) is 2.27. The molecular formula is C6H6N4OS. The summed E-state index contributed by atoms with van der Waals surface area (Å²) in [7, 11) is 0. The number of nitrogens with zero attached hydrogens (tertiary/aromatic N) is 2. The van der Waals surface area contributed by atoms with Gasteiger partial charge in [0.25, 0.3) is 0 Å². The maximum Gasteiger partial charge on any atom is 0.335 e. The summed E-state index contributed by atoms with van der Waals surface area (Å²) in [6.07, 6.45) is 0. The molecule has 2 heterocycles. The molecule has 0 atom stereocenters. The van der Waals surface area contributed by atoms with Gasteiger partial charge in [-0.25, -0.2) is 5.84 Å². The first kappa shape index (κ1) is 7.26. The monoisotopic (exact) mass is 182 g/mol. The highest BCUT2D eigenvalue weighted by atomic mass is 32.1. The Morgan fingerprint density at radius 1 is 1.58 bits per heavy atom. The van der Waals surface area contributed by atoms with Crippen LogP contribution in [0.15, 0.2) is 22.0 Å². The Morgan fingerprint density at radius 3 is 3.08 bits per heavy atom. The van der Waals surface area contributed by atoms with Crippen LogP contribution in [-0.2, 0) is 0 Å². The average molecular weight is 182 g/mol. The molecule has 0 radical (unpaired) electrons. The summed E-state index contributed by atoms with van der Waals surface area (Å²) in [6.45, 7) is 0. The average Bonchev–Trinajstić information content (AvgIpc) is 2.75. The van der Waals surface area contributed by atoms with Gasteiger partial charge in [0.2, 0.25) is 5.82 Å². The molecule has 12 heavy (non-hydrogen) atoms. The Bertz CT molecular complexity index is 355. The van der Waals surface area contributed by atoms with Crippen LogP contribution in [0.4, 0.5) is 6.01 Å². The molecule has 3 N–H and O–H groups in total. The van der Waals surface area contributed by atoms with Crippen molar-refractivity contribution in [2.45, 2.75) is 0 Å². The van der Waals surface area contributed by atoms with E-state index in [9.17, 15) is 0 Å². The van der Waals surface area contributed by atoms with E-state index in [1.54, 1.807) is 11.3 Å². The smallest absolute Gasteiger partial charge is 0.314 e. The lowest BCUT2D eigenvalue weighted by atomic mass is 10.4. The second-order valence-corrected chi connectivity index (χ2v) is 2.99. The first-order valence-electron chi connectivity index (χ1n) is 3.24. The highest BCUT2D eigenvalue weighted by molar-refractivity contribution is 7.13. The summed E-state index contributed by atoms with van der Waals surface area (Å²) in [4.78, 5) is 4.93. The quantitative estimate of drug-likeness (QED) is 0.537. The van der Waals surface area contributed by atoms with E-state index in [0.717, 1.165) is 4.88 Å². The molecule has 0 aromatic carbocycles. The minimum Gasteiger partial charge on any atom is -0.314 e. The van der Waals surface area contributed by atoms with E-state index in [4.69, 9.17) is 10.4 Å². The highest BCUT2D eigenvalue weighted by Gasteiger charge is 2.06. The third-order valence-corrected chi connectivity index (χ3v) is 2.16. The third-order valence-electron chi connectivity index (χ3n) is 1.29. The van der Waals surface area contributed by atoms with E-state index in [1.165, 1.54) is 0 Å². The largest absolute Gasteiger partial charge is 0.335 e. The molecule has 5 nitrogen and oxygen atoms in total. The fourth-order valence-corrected chi connectivity index (χ4v) is 1.44. The van der Waals surface area contributed by atoms with Gasteiger partial charge in [-0.2, -0.15) is 4.98 Å². The molecule has 0 saturated heterocycles. The zero-order valence-corrected chi connectivity index (χ0v) is 6.84. The first-order valence-corrected chi connectivity index (χ1v) is 4.12. The van der Waals surface area contributed by atoms with Gasteiger partial charge < -0.3 is 4.52 Å². The van der Waals surface area contributed by atoms with Crippen LogP contribution in [0.2, 0.25) is 0 Å². The van der Waals surface area contributed by atoms with Gasteiger partial charge in [-0.15, -0.1) is 11.3 Å². The standard InChI is InChI=1S/C6H6N4OS/c7-9-6-8-5(10-11-6)4-2-1-3-12-4/h1-3H,7H2,(H,8,9,10). The maximum atomic E-state index is 5.07. The van der Waals surface area contributed by atoms with Crippen molar-refractivity contribution in [3.63, 3.8) is 0 Å². The fraction of sp³-hybridized carbons (Fsp3) is 0. The molecule has 0 amide bonds. The van der Waals surface area contributed by atoms with Crippen molar-refractivity contribution in [3.05, 3.63) is 17.5 Å². The molecule has 2 rings (SSSR count). The zero-order chi connectivity index (χ0) is 8.39. The zero-order valence-electron chi connectivity index (χ0n) is 6.02. The van der Waals surface area contributed by atoms with Crippen molar-refractivity contribution in [1.82, 2.24) is 10.1 Å². The molecule has 0 aliphatic carbocycles. The van der Waals surface area contributed by atoms with Crippen LogP contribution in [0.3, 0.4) is 0 Å². The summed E-state index contributed by atoms with van der Waals surface area (Å²) in [5, 5.41) is 5.66. The topological polar surface area (TPSA) is 77.0 Å². The molecule has 0 aliphatic rings. The van der Waals surface area contributed by atoms with Crippen molar-refractivity contribution in [3.8, 4) is 10.7 Å². The third kappa shape index (κ3) is 1.17. The van der Waals surface area contributed by atoms with Gasteiger partial charge in [0, 0.05) is 0 Å². The summed E-state index contributed by atoms with van der Waals surface area (Å²) in [5.74, 6) is 5.63. The number of nitrogen functional groups attached to an aromatic ring is 1. The number of aromatic nitrogens is 2. The minimum atomic E-state index is 0.221. The normalized spacial score (nSPS) is 10.1. The molecule has 0 saturated carbocycles. The Labute approximate surface area is 72.2 Å². The van der Waals surface area contributed by atoms with E-state index in [1.807, 2.05) is 17.5 Å². The fourth-order valence-electron chi connectivity index (χ4n) is 0.788. The molecule has 2 aromatic rings. The number of nitrogens with one attached hydrogen (secondary N) is 1. The van der Waals surface area contributed by atoms with E-state index in [0.29, 0.717) is 5.82 Å². The molecule has 62 valence electrons. The molecule has 2 aromatic heterocycles. The highest BCUT2D eigenvalue weighted by Crippen LogP contribution is 2.21. The first-order chi connectivity index (χ1) is 5.90. The van der Waals surface area contributed by atoms with Crippen LogP contribution in [0.25, 0.3) is 10.7 Å². The van der Waals surface area contributed by atoms with Crippen molar-refractivity contribution < 1.29 is 4.52 Å². The number of anilines is 1. The number of hydrazine groups is 1. The Hall–Kier alpha value is -1.40. The van der Waals surface area contributed by atoms with Crippen LogP contribution in [0.1, 0.15) is 0 Å². The molecule has 0 aliphatic heterocycles. The predicted octanol–water partition coefficient (Wildman–Crippen LogP) is 1.08. The number of hydrogen-bond acceptors (Lipinski definition) is 6. The lowest BCUT2D eigenvalue weighted by molar-refractivity contribution is 0.433. The van der Waals surface area contributed by atoms with E-state index in [2.05, 4.69) is 15.6 Å². The molecule has 0 unspecified atom stereocenters. The van der Waals surface area contributed by atoms with Gasteiger partial charge in [0.05, 0.1) is 4.88 Å². The second kappa shape index (κ2) is 2.92. The van der Waals surface area contributed by atoms with Crippen LogP contribution in [0, 0.1) is 0 Å². The number of nitrogens with two attached hydrogens (primary N) is 1. The molecule has 0 fully saturated rings. The number of thiophene rings is 1. The Balaban J connectivity index is 2.35. The molecule has 6 heteroatoms. The maximum absolute atomic E-state index is 5.07. The summed E-state index contributed by atoms with van der Waals surface area (Å²) in [6, 6.07) is 4.06. The van der Waals surface area contributed by atoms with E-state index in [-0.39, 0.29) is 6.01 Å². The summed E-state index contributed by atoms with van der Waals surface area (Å²) >= 11 is 1.55. The van der Waals surface area contributed by atoms with Crippen LogP contribution >= 0.6 is 11.3 Å². The van der Waals surface area contributed by atoms with Gasteiger partial charge in [-0.1, -0.05) is 11.2 Å². The van der Waals surface area contributed by atoms with Gasteiger partial charge in [-0.3, -0.25) is 5.43 Å². The molecular weight excluding hydrogens is 176 g/mol.